The lowest BCUT2D eigenvalue weighted by Crippen LogP contribution is -2.41. The molecule has 14 heteroatoms. The summed E-state index contributed by atoms with van der Waals surface area (Å²) in [4.78, 5) is 39.6. The van der Waals surface area contributed by atoms with Gasteiger partial charge in [0.1, 0.15) is 12.6 Å². The number of para-hydroxylation sites is 1. The number of esters is 1. The Hall–Kier alpha value is -3.20. The fourth-order valence-corrected chi connectivity index (χ4v) is 6.31. The molecule has 0 radical (unpaired) electrons. The van der Waals surface area contributed by atoms with Gasteiger partial charge in [0.15, 0.2) is 9.86 Å². The van der Waals surface area contributed by atoms with E-state index in [0.717, 1.165) is 12.1 Å². The van der Waals surface area contributed by atoms with Crippen LogP contribution >= 0.6 is 11.3 Å². The Balaban J connectivity index is 1.57. The topological polar surface area (TPSA) is 161 Å². The zero-order valence-corrected chi connectivity index (χ0v) is 18.8. The average Bonchev–Trinajstić information content (AvgIpc) is 3.35. The second-order valence-corrected chi connectivity index (χ2v) is 10.1. The normalized spacial score (nSPS) is 19.1. The number of hydrogen-bond donors (Lipinski definition) is 1. The highest BCUT2D eigenvalue weighted by Crippen LogP contribution is 2.32. The first-order valence-corrected chi connectivity index (χ1v) is 12.0. The smallest absolute Gasteiger partial charge is 0.324 e. The van der Waals surface area contributed by atoms with Crippen molar-refractivity contribution in [3.63, 3.8) is 0 Å². The molecule has 3 aromatic rings. The van der Waals surface area contributed by atoms with Crippen molar-refractivity contribution in [3.8, 4) is 0 Å². The molecule has 3 heterocycles. The Morgan fingerprint density at radius 3 is 2.85 bits per heavy atom. The highest BCUT2D eigenvalue weighted by Gasteiger charge is 2.46. The van der Waals surface area contributed by atoms with Crippen LogP contribution in [0.1, 0.15) is 17.8 Å². The van der Waals surface area contributed by atoms with E-state index in [1.807, 2.05) is 0 Å². The first kappa shape index (κ1) is 23.0. The summed E-state index contributed by atoms with van der Waals surface area (Å²) in [5, 5.41) is 23.1. The van der Waals surface area contributed by atoms with Gasteiger partial charge in [-0.2, -0.15) is 4.31 Å². The predicted molar refractivity (Wildman–Crippen MR) is 115 cm³/mol. The molecule has 1 aliphatic rings. The van der Waals surface area contributed by atoms with Crippen LogP contribution in [0.25, 0.3) is 4.96 Å². The molecule has 0 amide bonds. The number of aromatic nitrogens is 2. The lowest BCUT2D eigenvalue weighted by Gasteiger charge is -2.22. The standard InChI is InChI=1S/C19H18N4O8S2/c1-11-10-32-19-20-12(6-17(25)22(11)19)9-31-18(26)15-7-13(24)8-21(15)33(29,30)16-5-3-2-4-14(16)23(27)28/h2-6,10,13,15,24H,7-9H2,1H3. The molecular weight excluding hydrogens is 476 g/mol. The highest BCUT2D eigenvalue weighted by molar-refractivity contribution is 7.89. The van der Waals surface area contributed by atoms with Crippen molar-refractivity contribution in [3.05, 3.63) is 67.6 Å². The third-order valence-corrected chi connectivity index (χ3v) is 8.01. The molecule has 0 bridgehead atoms. The molecule has 1 saturated heterocycles. The van der Waals surface area contributed by atoms with Crippen molar-refractivity contribution in [1.82, 2.24) is 13.7 Å². The SMILES string of the molecule is Cc1csc2nc(COC(=O)C3CC(O)CN3S(=O)(=O)c3ccccc3[N+](=O)[O-])cc(=O)n12. The number of benzene rings is 1. The van der Waals surface area contributed by atoms with Crippen molar-refractivity contribution in [2.75, 3.05) is 6.54 Å². The molecule has 2 atom stereocenters. The summed E-state index contributed by atoms with van der Waals surface area (Å²) >= 11 is 1.24. The van der Waals surface area contributed by atoms with E-state index in [1.165, 1.54) is 33.9 Å². The van der Waals surface area contributed by atoms with Gasteiger partial charge >= 0.3 is 5.97 Å². The first-order valence-electron chi connectivity index (χ1n) is 9.66. The third kappa shape index (κ3) is 4.25. The Bertz CT molecular complexity index is 1410. The summed E-state index contributed by atoms with van der Waals surface area (Å²) in [6.07, 6.45) is -1.40. The number of hydrogen-bond acceptors (Lipinski definition) is 10. The molecule has 1 aromatic carbocycles. The molecule has 1 N–H and O–H groups in total. The van der Waals surface area contributed by atoms with Gasteiger partial charge in [0.2, 0.25) is 0 Å². The summed E-state index contributed by atoms with van der Waals surface area (Å²) in [5.41, 5.74) is -0.0920. The number of fused-ring (bicyclic) bond motifs is 1. The zero-order chi connectivity index (χ0) is 23.9. The summed E-state index contributed by atoms with van der Waals surface area (Å²) in [5.74, 6) is -0.960. The van der Waals surface area contributed by atoms with Gasteiger partial charge in [0, 0.05) is 36.2 Å². The largest absolute Gasteiger partial charge is 0.458 e. The summed E-state index contributed by atoms with van der Waals surface area (Å²) in [6.45, 7) is 0.950. The Morgan fingerprint density at radius 1 is 1.39 bits per heavy atom. The molecule has 33 heavy (non-hydrogen) atoms. The van der Waals surface area contributed by atoms with Crippen molar-refractivity contribution in [2.45, 2.75) is 37.0 Å². The van der Waals surface area contributed by atoms with Gasteiger partial charge in [-0.25, -0.2) is 13.4 Å². The molecular formula is C19H18N4O8S2. The third-order valence-electron chi connectivity index (χ3n) is 5.15. The van der Waals surface area contributed by atoms with Crippen LogP contribution in [0.15, 0.2) is 45.4 Å². The predicted octanol–water partition coefficient (Wildman–Crippen LogP) is 0.840. The quantitative estimate of drug-likeness (QED) is 0.297. The maximum Gasteiger partial charge on any atom is 0.324 e. The molecule has 4 rings (SSSR count). The number of nitro benzene ring substituents is 1. The van der Waals surface area contributed by atoms with E-state index >= 15 is 0 Å². The van der Waals surface area contributed by atoms with Gasteiger partial charge in [-0.3, -0.25) is 24.1 Å². The molecule has 12 nitrogen and oxygen atoms in total. The van der Waals surface area contributed by atoms with Crippen LogP contribution in [0.3, 0.4) is 0 Å². The van der Waals surface area contributed by atoms with Gasteiger partial charge in [0.05, 0.1) is 16.7 Å². The molecule has 2 aromatic heterocycles. The number of β-amino-alcohol motifs (C(OH)–C–C–N with tert-alkyl or cyclic N) is 1. The van der Waals surface area contributed by atoms with Crippen LogP contribution in [0.5, 0.6) is 0 Å². The fourth-order valence-electron chi connectivity index (χ4n) is 3.63. The number of nitrogens with zero attached hydrogens (tertiary/aromatic N) is 4. The number of aliphatic hydroxyl groups excluding tert-OH is 1. The minimum absolute atomic E-state index is 0.182. The second kappa shape index (κ2) is 8.62. The number of aryl methyl sites for hydroxylation is 1. The number of ether oxygens (including phenoxy) is 1. The first-order chi connectivity index (χ1) is 15.6. The number of thiazole rings is 1. The van der Waals surface area contributed by atoms with E-state index in [4.69, 9.17) is 4.74 Å². The van der Waals surface area contributed by atoms with E-state index in [-0.39, 0.29) is 24.3 Å². The second-order valence-electron chi connectivity index (χ2n) is 7.39. The number of aliphatic hydroxyl groups is 1. The van der Waals surface area contributed by atoms with Crippen LogP contribution in [-0.2, 0) is 26.2 Å². The molecule has 0 aliphatic carbocycles. The summed E-state index contributed by atoms with van der Waals surface area (Å²) < 4.78 is 33.6. The van der Waals surface area contributed by atoms with E-state index in [1.54, 1.807) is 12.3 Å². The maximum atomic E-state index is 13.1. The summed E-state index contributed by atoms with van der Waals surface area (Å²) in [6, 6.07) is 4.58. The Morgan fingerprint density at radius 2 is 2.12 bits per heavy atom. The highest BCUT2D eigenvalue weighted by atomic mass is 32.2. The van der Waals surface area contributed by atoms with Crippen molar-refractivity contribution >= 4 is 38.0 Å². The average molecular weight is 495 g/mol. The van der Waals surface area contributed by atoms with Gasteiger partial charge < -0.3 is 9.84 Å². The van der Waals surface area contributed by atoms with Crippen LogP contribution in [-0.4, -0.2) is 56.8 Å². The Kier molecular flexibility index (Phi) is 6.00. The van der Waals surface area contributed by atoms with Gasteiger partial charge in [-0.1, -0.05) is 12.1 Å². The molecule has 1 fully saturated rings. The number of carbonyl (C=O) groups is 1. The van der Waals surface area contributed by atoms with Gasteiger partial charge in [-0.15, -0.1) is 11.3 Å². The lowest BCUT2D eigenvalue weighted by atomic mass is 10.2. The van der Waals surface area contributed by atoms with Crippen LogP contribution in [0.4, 0.5) is 5.69 Å². The Labute approximate surface area is 190 Å². The molecule has 174 valence electrons. The van der Waals surface area contributed by atoms with Crippen molar-refractivity contribution in [1.29, 1.82) is 0 Å². The zero-order valence-electron chi connectivity index (χ0n) is 17.2. The fraction of sp³-hybridized carbons (Fsp3) is 0.316. The van der Waals surface area contributed by atoms with Crippen molar-refractivity contribution < 1.29 is 28.0 Å². The summed E-state index contributed by atoms with van der Waals surface area (Å²) in [7, 11) is -4.49. The van der Waals surface area contributed by atoms with Crippen LogP contribution in [0, 0.1) is 17.0 Å². The van der Waals surface area contributed by atoms with Gasteiger partial charge in [-0.05, 0) is 13.0 Å². The lowest BCUT2D eigenvalue weighted by molar-refractivity contribution is -0.387. The molecule has 2 unspecified atom stereocenters. The number of carbonyl (C=O) groups excluding carboxylic acids is 1. The van der Waals surface area contributed by atoms with E-state index in [2.05, 4.69) is 4.98 Å². The number of nitro groups is 1. The maximum absolute atomic E-state index is 13.1. The minimum atomic E-state index is -4.49. The van der Waals surface area contributed by atoms with E-state index in [0.29, 0.717) is 15.0 Å². The monoisotopic (exact) mass is 494 g/mol. The van der Waals surface area contributed by atoms with E-state index in [9.17, 15) is 33.2 Å². The van der Waals surface area contributed by atoms with Crippen LogP contribution < -0.4 is 5.56 Å². The number of rotatable bonds is 6. The number of sulfonamides is 1. The minimum Gasteiger partial charge on any atom is -0.458 e. The molecule has 1 aliphatic heterocycles. The van der Waals surface area contributed by atoms with E-state index < -0.39 is 50.2 Å². The van der Waals surface area contributed by atoms with Gasteiger partial charge in [0.25, 0.3) is 21.3 Å². The molecule has 0 saturated carbocycles. The van der Waals surface area contributed by atoms with Crippen molar-refractivity contribution in [2.24, 2.45) is 0 Å². The van der Waals surface area contributed by atoms with Crippen LogP contribution in [0.2, 0.25) is 0 Å². The molecule has 0 spiro atoms.